The number of rotatable bonds is 6. The predicted octanol–water partition coefficient (Wildman–Crippen LogP) is 3.19. The van der Waals surface area contributed by atoms with E-state index in [0.29, 0.717) is 11.7 Å². The Morgan fingerprint density at radius 1 is 1.14 bits per heavy atom. The number of nitrogens with zero attached hydrogens (tertiary/aromatic N) is 1. The van der Waals surface area contributed by atoms with Crippen molar-refractivity contribution in [1.29, 1.82) is 0 Å². The van der Waals surface area contributed by atoms with Gasteiger partial charge in [-0.3, -0.25) is 4.98 Å². The summed E-state index contributed by atoms with van der Waals surface area (Å²) in [4.78, 5) is 4.45. The number of aromatic nitrogens is 1. The molecule has 0 bridgehead atoms. The van der Waals surface area contributed by atoms with Crippen molar-refractivity contribution in [3.63, 3.8) is 0 Å². The van der Waals surface area contributed by atoms with Crippen molar-refractivity contribution < 1.29 is 13.5 Å². The van der Waals surface area contributed by atoms with Gasteiger partial charge in [-0.15, -0.1) is 0 Å². The quantitative estimate of drug-likeness (QED) is 0.887. The third-order valence-electron chi connectivity index (χ3n) is 3.28. The number of pyridine rings is 1. The van der Waals surface area contributed by atoms with E-state index in [-0.39, 0.29) is 12.4 Å². The van der Waals surface area contributed by atoms with Gasteiger partial charge in [-0.25, -0.2) is 8.78 Å². The van der Waals surface area contributed by atoms with Crippen LogP contribution >= 0.6 is 0 Å². The number of hydrogen-bond acceptors (Lipinski definition) is 3. The van der Waals surface area contributed by atoms with Crippen LogP contribution in [0.4, 0.5) is 8.78 Å². The van der Waals surface area contributed by atoms with Gasteiger partial charge < -0.3 is 10.1 Å². The first-order valence-corrected chi connectivity index (χ1v) is 6.97. The van der Waals surface area contributed by atoms with E-state index in [1.54, 1.807) is 0 Å². The fourth-order valence-corrected chi connectivity index (χ4v) is 1.99. The van der Waals surface area contributed by atoms with E-state index in [9.17, 15) is 8.78 Å². The fourth-order valence-electron chi connectivity index (χ4n) is 1.99. The summed E-state index contributed by atoms with van der Waals surface area (Å²) in [5.74, 6) is -1.30. The van der Waals surface area contributed by atoms with Gasteiger partial charge in [0.1, 0.15) is 12.4 Å². The maximum Gasteiger partial charge on any atom is 0.167 e. The van der Waals surface area contributed by atoms with E-state index in [1.165, 1.54) is 25.0 Å². The lowest BCUT2D eigenvalue weighted by Crippen LogP contribution is -2.16. The lowest BCUT2D eigenvalue weighted by Gasteiger charge is -2.08. The second-order valence-electron chi connectivity index (χ2n) is 5.14. The van der Waals surface area contributed by atoms with E-state index in [1.807, 2.05) is 18.2 Å². The Bertz CT molecular complexity index is 629. The third kappa shape index (κ3) is 3.98. The molecule has 1 aliphatic carbocycles. The van der Waals surface area contributed by atoms with E-state index < -0.39 is 11.6 Å². The van der Waals surface area contributed by atoms with Gasteiger partial charge in [-0.1, -0.05) is 6.07 Å². The molecule has 2 aromatic rings. The second-order valence-corrected chi connectivity index (χ2v) is 5.14. The molecule has 21 heavy (non-hydrogen) atoms. The molecule has 0 radical (unpaired) electrons. The molecule has 3 nitrogen and oxygen atoms in total. The zero-order valence-electron chi connectivity index (χ0n) is 11.5. The summed E-state index contributed by atoms with van der Waals surface area (Å²) in [7, 11) is 0. The van der Waals surface area contributed by atoms with Gasteiger partial charge in [-0.05, 0) is 37.1 Å². The average molecular weight is 290 g/mol. The zero-order valence-corrected chi connectivity index (χ0v) is 11.5. The van der Waals surface area contributed by atoms with E-state index >= 15 is 0 Å². The van der Waals surface area contributed by atoms with Crippen LogP contribution in [0.25, 0.3) is 0 Å². The SMILES string of the molecule is Fc1ccc(OCc2cccc(CNC3CC3)n2)c(F)c1. The van der Waals surface area contributed by atoms with Crippen molar-refractivity contribution in [1.82, 2.24) is 10.3 Å². The molecule has 1 saturated carbocycles. The minimum absolute atomic E-state index is 0.0275. The number of nitrogens with one attached hydrogen (secondary N) is 1. The van der Waals surface area contributed by atoms with Gasteiger partial charge >= 0.3 is 0 Å². The number of hydrogen-bond donors (Lipinski definition) is 1. The van der Waals surface area contributed by atoms with Crippen LogP contribution in [0.2, 0.25) is 0 Å². The molecule has 1 aromatic heterocycles. The first-order valence-electron chi connectivity index (χ1n) is 6.97. The Hall–Kier alpha value is -2.01. The average Bonchev–Trinajstić information content (AvgIpc) is 3.29. The molecule has 3 rings (SSSR count). The molecule has 110 valence electrons. The van der Waals surface area contributed by atoms with Crippen LogP contribution in [-0.2, 0) is 13.2 Å². The topological polar surface area (TPSA) is 34.1 Å². The van der Waals surface area contributed by atoms with Crippen LogP contribution in [-0.4, -0.2) is 11.0 Å². The number of benzene rings is 1. The number of halogens is 2. The molecule has 1 N–H and O–H groups in total. The van der Waals surface area contributed by atoms with Crippen LogP contribution in [0.3, 0.4) is 0 Å². The van der Waals surface area contributed by atoms with Gasteiger partial charge in [0.25, 0.3) is 0 Å². The standard InChI is InChI=1S/C16H16F2N2O/c17-11-4-7-16(15(18)8-11)21-10-14-3-1-2-13(20-14)9-19-12-5-6-12/h1-4,7-8,12,19H,5-6,9-10H2. The molecule has 1 heterocycles. The van der Waals surface area contributed by atoms with Crippen LogP contribution in [0.1, 0.15) is 24.2 Å². The summed E-state index contributed by atoms with van der Waals surface area (Å²) in [6.45, 7) is 0.878. The van der Waals surface area contributed by atoms with Gasteiger partial charge in [0.2, 0.25) is 0 Å². The Kier molecular flexibility index (Phi) is 4.10. The highest BCUT2D eigenvalue weighted by Crippen LogP contribution is 2.20. The van der Waals surface area contributed by atoms with E-state index in [2.05, 4.69) is 10.3 Å². The van der Waals surface area contributed by atoms with Crippen LogP contribution in [0.5, 0.6) is 5.75 Å². The monoisotopic (exact) mass is 290 g/mol. The van der Waals surface area contributed by atoms with E-state index in [4.69, 9.17) is 4.74 Å². The van der Waals surface area contributed by atoms with Gasteiger partial charge in [0, 0.05) is 18.7 Å². The van der Waals surface area contributed by atoms with Crippen LogP contribution in [0.15, 0.2) is 36.4 Å². The van der Waals surface area contributed by atoms with Crippen molar-refractivity contribution >= 4 is 0 Å². The largest absolute Gasteiger partial charge is 0.484 e. The lowest BCUT2D eigenvalue weighted by atomic mass is 10.3. The van der Waals surface area contributed by atoms with Crippen molar-refractivity contribution in [2.24, 2.45) is 0 Å². The fraction of sp³-hybridized carbons (Fsp3) is 0.312. The Morgan fingerprint density at radius 2 is 1.95 bits per heavy atom. The van der Waals surface area contributed by atoms with Crippen molar-refractivity contribution in [2.75, 3.05) is 0 Å². The molecular formula is C16H16F2N2O. The normalized spacial score (nSPS) is 14.2. The Balaban J connectivity index is 1.60. The smallest absolute Gasteiger partial charge is 0.167 e. The highest BCUT2D eigenvalue weighted by Gasteiger charge is 2.20. The molecule has 0 spiro atoms. The molecule has 1 fully saturated rings. The predicted molar refractivity (Wildman–Crippen MR) is 74.8 cm³/mol. The molecule has 5 heteroatoms. The Morgan fingerprint density at radius 3 is 2.71 bits per heavy atom. The Labute approximate surface area is 122 Å². The molecule has 0 aliphatic heterocycles. The van der Waals surface area contributed by atoms with Crippen LogP contribution < -0.4 is 10.1 Å². The minimum Gasteiger partial charge on any atom is -0.484 e. The van der Waals surface area contributed by atoms with Gasteiger partial charge in [0.15, 0.2) is 11.6 Å². The zero-order chi connectivity index (χ0) is 14.7. The first kappa shape index (κ1) is 13.9. The lowest BCUT2D eigenvalue weighted by molar-refractivity contribution is 0.284. The highest BCUT2D eigenvalue weighted by atomic mass is 19.1. The van der Waals surface area contributed by atoms with Crippen LogP contribution in [0, 0.1) is 11.6 Å². The summed E-state index contributed by atoms with van der Waals surface area (Å²) < 4.78 is 31.6. The molecule has 1 aromatic carbocycles. The summed E-state index contributed by atoms with van der Waals surface area (Å²) >= 11 is 0. The van der Waals surface area contributed by atoms with Gasteiger partial charge in [-0.2, -0.15) is 0 Å². The molecule has 0 saturated heterocycles. The molecule has 0 unspecified atom stereocenters. The summed E-state index contributed by atoms with van der Waals surface area (Å²) in [5, 5.41) is 3.38. The maximum absolute atomic E-state index is 13.5. The summed E-state index contributed by atoms with van der Waals surface area (Å²) in [5.41, 5.74) is 1.65. The van der Waals surface area contributed by atoms with E-state index in [0.717, 1.165) is 18.3 Å². The summed E-state index contributed by atoms with van der Waals surface area (Å²) in [6, 6.07) is 9.54. The first-order chi connectivity index (χ1) is 10.2. The van der Waals surface area contributed by atoms with Crippen molar-refractivity contribution in [2.45, 2.75) is 32.0 Å². The molecule has 0 atom stereocenters. The molecule has 1 aliphatic rings. The van der Waals surface area contributed by atoms with Gasteiger partial charge in [0.05, 0.1) is 11.4 Å². The molecule has 0 amide bonds. The molecular weight excluding hydrogens is 274 g/mol. The summed E-state index contributed by atoms with van der Waals surface area (Å²) in [6.07, 6.45) is 2.46. The second kappa shape index (κ2) is 6.18. The minimum atomic E-state index is -0.707. The maximum atomic E-state index is 13.5. The van der Waals surface area contributed by atoms with Crippen molar-refractivity contribution in [3.05, 3.63) is 59.4 Å². The third-order valence-corrected chi connectivity index (χ3v) is 3.28. The number of ether oxygens (including phenoxy) is 1. The highest BCUT2D eigenvalue weighted by molar-refractivity contribution is 5.25. The van der Waals surface area contributed by atoms with Crippen molar-refractivity contribution in [3.8, 4) is 5.75 Å².